The minimum absolute atomic E-state index is 0.0675. The van der Waals surface area contributed by atoms with Crippen LogP contribution >= 0.6 is 15.9 Å². The molecule has 0 spiro atoms. The predicted octanol–water partition coefficient (Wildman–Crippen LogP) is 2.13. The number of morpholine rings is 1. The summed E-state index contributed by atoms with van der Waals surface area (Å²) in [6.45, 7) is 2.59. The van der Waals surface area contributed by atoms with Gasteiger partial charge in [-0.3, -0.25) is 9.69 Å². The van der Waals surface area contributed by atoms with E-state index in [1.807, 2.05) is 18.2 Å². The van der Waals surface area contributed by atoms with Crippen molar-refractivity contribution in [3.05, 3.63) is 28.2 Å². The smallest absolute Gasteiger partial charge is 0.305 e. The largest absolute Gasteiger partial charge is 0.496 e. The van der Waals surface area contributed by atoms with Crippen LogP contribution in [0.15, 0.2) is 22.7 Å². The van der Waals surface area contributed by atoms with Crippen LogP contribution in [0.2, 0.25) is 0 Å². The fourth-order valence-corrected chi connectivity index (χ4v) is 2.92. The first-order chi connectivity index (χ1) is 9.60. The van der Waals surface area contributed by atoms with E-state index in [2.05, 4.69) is 20.8 Å². The van der Waals surface area contributed by atoms with Crippen molar-refractivity contribution in [3.63, 3.8) is 0 Å². The highest BCUT2D eigenvalue weighted by molar-refractivity contribution is 9.10. The molecule has 1 unspecified atom stereocenters. The normalized spacial score (nSPS) is 19.8. The minimum atomic E-state index is -0.790. The molecule has 5 nitrogen and oxygen atoms in total. The standard InChI is InChI=1S/C14H18BrNO4/c1-19-13-3-2-10(6-12(13)15)8-16-4-5-20-9-11(16)7-14(17)18/h2-3,6,11H,4-5,7-9H2,1H3,(H,17,18). The van der Waals surface area contributed by atoms with Gasteiger partial charge in [0.1, 0.15) is 5.75 Å². The van der Waals surface area contributed by atoms with Gasteiger partial charge in [0.2, 0.25) is 0 Å². The fourth-order valence-electron chi connectivity index (χ4n) is 2.33. The summed E-state index contributed by atoms with van der Waals surface area (Å²) in [5.74, 6) is -0.000718. The van der Waals surface area contributed by atoms with Crippen LogP contribution in [0.5, 0.6) is 5.75 Å². The van der Waals surface area contributed by atoms with Crippen LogP contribution in [-0.4, -0.2) is 48.9 Å². The molecule has 0 amide bonds. The molecular formula is C14H18BrNO4. The number of nitrogens with zero attached hydrogens (tertiary/aromatic N) is 1. The lowest BCUT2D eigenvalue weighted by Crippen LogP contribution is -2.45. The Bertz CT molecular complexity index is 480. The first-order valence-electron chi connectivity index (χ1n) is 6.46. The number of halogens is 1. The molecule has 1 aromatic rings. The molecule has 1 aliphatic heterocycles. The van der Waals surface area contributed by atoms with Crippen LogP contribution in [0.3, 0.4) is 0 Å². The number of carboxylic acid groups (broad SMARTS) is 1. The third-order valence-electron chi connectivity index (χ3n) is 3.36. The maximum absolute atomic E-state index is 10.9. The minimum Gasteiger partial charge on any atom is -0.496 e. The summed E-state index contributed by atoms with van der Waals surface area (Å²) in [5, 5.41) is 8.96. The Balaban J connectivity index is 2.06. The van der Waals surface area contributed by atoms with E-state index in [9.17, 15) is 4.79 Å². The second kappa shape index (κ2) is 7.06. The third kappa shape index (κ3) is 3.94. The Kier molecular flexibility index (Phi) is 5.39. The molecule has 1 atom stereocenters. The van der Waals surface area contributed by atoms with Crippen molar-refractivity contribution in [2.45, 2.75) is 19.0 Å². The SMILES string of the molecule is COc1ccc(CN2CCOCC2CC(=O)O)cc1Br. The van der Waals surface area contributed by atoms with Crippen molar-refractivity contribution in [2.24, 2.45) is 0 Å². The maximum Gasteiger partial charge on any atom is 0.305 e. The van der Waals surface area contributed by atoms with Crippen molar-refractivity contribution in [3.8, 4) is 5.75 Å². The number of aliphatic carboxylic acids is 1. The first-order valence-corrected chi connectivity index (χ1v) is 7.25. The number of benzene rings is 1. The van der Waals surface area contributed by atoms with E-state index in [1.54, 1.807) is 7.11 Å². The molecule has 110 valence electrons. The molecule has 0 bridgehead atoms. The zero-order valence-electron chi connectivity index (χ0n) is 11.3. The van der Waals surface area contributed by atoms with E-state index in [0.29, 0.717) is 19.8 Å². The molecule has 1 heterocycles. The summed E-state index contributed by atoms with van der Waals surface area (Å²) in [6.07, 6.45) is 0.108. The molecule has 0 aromatic heterocycles. The van der Waals surface area contributed by atoms with Gasteiger partial charge in [0.15, 0.2) is 0 Å². The summed E-state index contributed by atoms with van der Waals surface area (Å²) >= 11 is 3.47. The zero-order valence-corrected chi connectivity index (χ0v) is 12.9. The van der Waals surface area contributed by atoms with Crippen LogP contribution in [-0.2, 0) is 16.1 Å². The van der Waals surface area contributed by atoms with Gasteiger partial charge in [0, 0.05) is 19.1 Å². The summed E-state index contributed by atoms with van der Waals surface area (Å²) in [7, 11) is 1.63. The molecule has 2 rings (SSSR count). The Morgan fingerprint density at radius 3 is 3.05 bits per heavy atom. The Hall–Kier alpha value is -1.11. The molecule has 6 heteroatoms. The van der Waals surface area contributed by atoms with Crippen LogP contribution in [0.25, 0.3) is 0 Å². The molecule has 0 saturated carbocycles. The number of carbonyl (C=O) groups is 1. The van der Waals surface area contributed by atoms with Gasteiger partial charge in [-0.15, -0.1) is 0 Å². The quantitative estimate of drug-likeness (QED) is 0.887. The summed E-state index contributed by atoms with van der Waals surface area (Å²) < 4.78 is 11.5. The van der Waals surface area contributed by atoms with Crippen molar-refractivity contribution in [1.82, 2.24) is 4.90 Å². The summed E-state index contributed by atoms with van der Waals surface area (Å²) in [5.41, 5.74) is 1.12. The average molecular weight is 344 g/mol. The first kappa shape index (κ1) is 15.3. The molecule has 1 aromatic carbocycles. The highest BCUT2D eigenvalue weighted by Crippen LogP contribution is 2.26. The van der Waals surface area contributed by atoms with Crippen LogP contribution < -0.4 is 4.74 Å². The van der Waals surface area contributed by atoms with Gasteiger partial charge in [0.25, 0.3) is 0 Å². The maximum atomic E-state index is 10.9. The second-order valence-corrected chi connectivity index (χ2v) is 5.62. The number of ether oxygens (including phenoxy) is 2. The molecular weight excluding hydrogens is 326 g/mol. The predicted molar refractivity (Wildman–Crippen MR) is 78.0 cm³/mol. The van der Waals surface area contributed by atoms with Gasteiger partial charge >= 0.3 is 5.97 Å². The van der Waals surface area contributed by atoms with E-state index < -0.39 is 5.97 Å². The van der Waals surface area contributed by atoms with E-state index >= 15 is 0 Å². The van der Waals surface area contributed by atoms with Crippen molar-refractivity contribution >= 4 is 21.9 Å². The Morgan fingerprint density at radius 2 is 2.40 bits per heavy atom. The van der Waals surface area contributed by atoms with Gasteiger partial charge in [-0.25, -0.2) is 0 Å². The van der Waals surface area contributed by atoms with Gasteiger partial charge in [-0.05, 0) is 33.6 Å². The van der Waals surface area contributed by atoms with Gasteiger partial charge < -0.3 is 14.6 Å². The molecule has 1 aliphatic rings. The van der Waals surface area contributed by atoms with E-state index in [0.717, 1.165) is 22.3 Å². The Labute approximate surface area is 126 Å². The van der Waals surface area contributed by atoms with Crippen LogP contribution in [0.1, 0.15) is 12.0 Å². The van der Waals surface area contributed by atoms with Gasteiger partial charge in [-0.2, -0.15) is 0 Å². The number of hydrogen-bond acceptors (Lipinski definition) is 4. The van der Waals surface area contributed by atoms with E-state index in [-0.39, 0.29) is 12.5 Å². The van der Waals surface area contributed by atoms with Crippen LogP contribution in [0, 0.1) is 0 Å². The van der Waals surface area contributed by atoms with E-state index in [1.165, 1.54) is 0 Å². The number of methoxy groups -OCH3 is 1. The van der Waals surface area contributed by atoms with Gasteiger partial charge in [0.05, 0.1) is 31.2 Å². The monoisotopic (exact) mass is 343 g/mol. The topological polar surface area (TPSA) is 59.0 Å². The number of rotatable bonds is 5. The lowest BCUT2D eigenvalue weighted by atomic mass is 10.1. The second-order valence-electron chi connectivity index (χ2n) is 4.77. The number of carboxylic acids is 1. The number of hydrogen-bond donors (Lipinski definition) is 1. The highest BCUT2D eigenvalue weighted by atomic mass is 79.9. The summed E-state index contributed by atoms with van der Waals surface area (Å²) in [6, 6.07) is 5.84. The zero-order chi connectivity index (χ0) is 14.5. The van der Waals surface area contributed by atoms with E-state index in [4.69, 9.17) is 14.6 Å². The fraction of sp³-hybridized carbons (Fsp3) is 0.500. The van der Waals surface area contributed by atoms with Crippen molar-refractivity contribution < 1.29 is 19.4 Å². The van der Waals surface area contributed by atoms with Crippen molar-refractivity contribution in [2.75, 3.05) is 26.9 Å². The molecule has 0 radical (unpaired) electrons. The Morgan fingerprint density at radius 1 is 1.60 bits per heavy atom. The lowest BCUT2D eigenvalue weighted by molar-refractivity contribution is -0.140. The average Bonchev–Trinajstić information content (AvgIpc) is 2.41. The summed E-state index contributed by atoms with van der Waals surface area (Å²) in [4.78, 5) is 13.1. The highest BCUT2D eigenvalue weighted by Gasteiger charge is 2.25. The molecule has 1 fully saturated rings. The van der Waals surface area contributed by atoms with Gasteiger partial charge in [-0.1, -0.05) is 6.07 Å². The van der Waals surface area contributed by atoms with Crippen molar-refractivity contribution in [1.29, 1.82) is 0 Å². The molecule has 0 aliphatic carbocycles. The molecule has 1 saturated heterocycles. The lowest BCUT2D eigenvalue weighted by Gasteiger charge is -2.34. The van der Waals surface area contributed by atoms with Crippen LogP contribution in [0.4, 0.5) is 0 Å². The molecule has 1 N–H and O–H groups in total. The molecule has 20 heavy (non-hydrogen) atoms. The third-order valence-corrected chi connectivity index (χ3v) is 3.98.